The second kappa shape index (κ2) is 6.87. The fraction of sp³-hybridized carbons (Fsp3) is 0.538. The Labute approximate surface area is 122 Å². The molecule has 0 saturated heterocycles. The van der Waals surface area contributed by atoms with Gasteiger partial charge in [0.1, 0.15) is 0 Å². The van der Waals surface area contributed by atoms with Crippen molar-refractivity contribution in [3.8, 4) is 0 Å². The average Bonchev–Trinajstić information content (AvgIpc) is 2.37. The standard InChI is InChI=1S/C13H20BrClN2O/c1-4-13(2,18-3)12(17-16)7-9-5-6-10(14)8-11(9)15/h5-6,8,12,17H,4,7,16H2,1-3H3. The molecule has 0 amide bonds. The predicted molar refractivity (Wildman–Crippen MR) is 79.7 cm³/mol. The minimum atomic E-state index is -0.314. The van der Waals surface area contributed by atoms with Crippen LogP contribution in [0.2, 0.25) is 5.02 Å². The minimum Gasteiger partial charge on any atom is -0.377 e. The van der Waals surface area contributed by atoms with Crippen molar-refractivity contribution in [1.29, 1.82) is 0 Å². The first-order chi connectivity index (χ1) is 8.46. The summed E-state index contributed by atoms with van der Waals surface area (Å²) in [6.07, 6.45) is 1.59. The van der Waals surface area contributed by atoms with Gasteiger partial charge in [0.15, 0.2) is 0 Å². The molecule has 0 saturated carbocycles. The van der Waals surface area contributed by atoms with Gasteiger partial charge in [-0.2, -0.15) is 0 Å². The second-order valence-corrected chi connectivity index (χ2v) is 5.85. The number of nitrogens with one attached hydrogen (secondary N) is 1. The van der Waals surface area contributed by atoms with Crippen molar-refractivity contribution < 1.29 is 4.74 Å². The zero-order valence-electron chi connectivity index (χ0n) is 11.0. The number of ether oxygens (including phenoxy) is 1. The Morgan fingerprint density at radius 1 is 1.56 bits per heavy atom. The molecule has 0 fully saturated rings. The van der Waals surface area contributed by atoms with Crippen LogP contribution in [0.15, 0.2) is 22.7 Å². The summed E-state index contributed by atoms with van der Waals surface area (Å²) in [6.45, 7) is 4.13. The minimum absolute atomic E-state index is 0.00572. The number of hydrogen-bond donors (Lipinski definition) is 2. The molecule has 0 radical (unpaired) electrons. The number of nitrogens with two attached hydrogens (primary N) is 1. The van der Waals surface area contributed by atoms with Crippen molar-refractivity contribution in [3.05, 3.63) is 33.3 Å². The van der Waals surface area contributed by atoms with Gasteiger partial charge in [0, 0.05) is 16.6 Å². The normalized spacial score (nSPS) is 16.3. The zero-order chi connectivity index (χ0) is 13.8. The molecule has 0 aliphatic carbocycles. The lowest BCUT2D eigenvalue weighted by atomic mass is 9.89. The highest BCUT2D eigenvalue weighted by atomic mass is 79.9. The maximum Gasteiger partial charge on any atom is 0.0817 e. The van der Waals surface area contributed by atoms with E-state index in [1.165, 1.54) is 0 Å². The van der Waals surface area contributed by atoms with Gasteiger partial charge < -0.3 is 4.74 Å². The van der Waals surface area contributed by atoms with Crippen LogP contribution in [0.3, 0.4) is 0 Å². The largest absolute Gasteiger partial charge is 0.377 e. The SMILES string of the molecule is CCC(C)(OC)C(Cc1ccc(Br)cc1Cl)NN. The third kappa shape index (κ3) is 3.68. The highest BCUT2D eigenvalue weighted by Crippen LogP contribution is 2.27. The van der Waals surface area contributed by atoms with E-state index in [0.29, 0.717) is 0 Å². The van der Waals surface area contributed by atoms with E-state index in [9.17, 15) is 0 Å². The van der Waals surface area contributed by atoms with E-state index in [1.807, 2.05) is 25.1 Å². The second-order valence-electron chi connectivity index (χ2n) is 4.53. The van der Waals surface area contributed by atoms with Gasteiger partial charge >= 0.3 is 0 Å². The Bertz CT molecular complexity index is 397. The molecule has 102 valence electrons. The van der Waals surface area contributed by atoms with E-state index >= 15 is 0 Å². The summed E-state index contributed by atoms with van der Waals surface area (Å²) in [4.78, 5) is 0. The molecule has 0 heterocycles. The summed E-state index contributed by atoms with van der Waals surface area (Å²) in [6, 6.07) is 5.87. The molecule has 3 nitrogen and oxygen atoms in total. The van der Waals surface area contributed by atoms with Gasteiger partial charge in [-0.15, -0.1) is 0 Å². The highest BCUT2D eigenvalue weighted by molar-refractivity contribution is 9.10. The number of benzene rings is 1. The Balaban J connectivity index is 2.92. The molecule has 18 heavy (non-hydrogen) atoms. The van der Waals surface area contributed by atoms with Crippen LogP contribution in [0.25, 0.3) is 0 Å². The summed E-state index contributed by atoms with van der Waals surface area (Å²) in [5.41, 5.74) is 3.58. The molecule has 0 aromatic heterocycles. The fourth-order valence-electron chi connectivity index (χ4n) is 1.89. The number of hydrazine groups is 1. The van der Waals surface area contributed by atoms with Crippen molar-refractivity contribution in [1.82, 2.24) is 5.43 Å². The van der Waals surface area contributed by atoms with E-state index in [2.05, 4.69) is 28.3 Å². The molecule has 0 spiro atoms. The fourth-order valence-corrected chi connectivity index (χ4v) is 2.64. The van der Waals surface area contributed by atoms with Gasteiger partial charge in [-0.3, -0.25) is 11.3 Å². The van der Waals surface area contributed by atoms with Gasteiger partial charge in [-0.05, 0) is 37.5 Å². The first kappa shape index (κ1) is 15.9. The van der Waals surface area contributed by atoms with E-state index in [0.717, 1.165) is 27.9 Å². The summed E-state index contributed by atoms with van der Waals surface area (Å²) < 4.78 is 6.55. The molecule has 3 N–H and O–H groups in total. The van der Waals surface area contributed by atoms with E-state index in [-0.39, 0.29) is 11.6 Å². The van der Waals surface area contributed by atoms with E-state index in [4.69, 9.17) is 22.2 Å². The summed E-state index contributed by atoms with van der Waals surface area (Å²) in [7, 11) is 1.71. The van der Waals surface area contributed by atoms with Crippen molar-refractivity contribution in [3.63, 3.8) is 0 Å². The van der Waals surface area contributed by atoms with Crippen molar-refractivity contribution in [2.45, 2.75) is 38.3 Å². The number of hydrogen-bond acceptors (Lipinski definition) is 3. The van der Waals surface area contributed by atoms with Crippen LogP contribution in [0.4, 0.5) is 0 Å². The molecule has 1 aromatic rings. The molecular weight excluding hydrogens is 316 g/mol. The van der Waals surface area contributed by atoms with Crippen LogP contribution in [-0.4, -0.2) is 18.8 Å². The summed E-state index contributed by atoms with van der Waals surface area (Å²) in [5.74, 6) is 5.66. The van der Waals surface area contributed by atoms with Crippen LogP contribution in [-0.2, 0) is 11.2 Å². The molecule has 2 atom stereocenters. The van der Waals surface area contributed by atoms with Crippen LogP contribution < -0.4 is 11.3 Å². The zero-order valence-corrected chi connectivity index (χ0v) is 13.3. The lowest BCUT2D eigenvalue weighted by molar-refractivity contribution is -0.0288. The molecular formula is C13H20BrClN2O. The van der Waals surface area contributed by atoms with Crippen molar-refractivity contribution >= 4 is 27.5 Å². The van der Waals surface area contributed by atoms with Crippen molar-refractivity contribution in [2.24, 2.45) is 5.84 Å². The monoisotopic (exact) mass is 334 g/mol. The van der Waals surface area contributed by atoms with Crippen LogP contribution in [0.1, 0.15) is 25.8 Å². The number of halogens is 2. The molecule has 0 aliphatic rings. The number of methoxy groups -OCH3 is 1. The first-order valence-electron chi connectivity index (χ1n) is 5.92. The maximum atomic E-state index is 6.23. The Morgan fingerprint density at radius 3 is 2.67 bits per heavy atom. The molecule has 1 rings (SSSR count). The van der Waals surface area contributed by atoms with Gasteiger partial charge in [0.2, 0.25) is 0 Å². The highest BCUT2D eigenvalue weighted by Gasteiger charge is 2.32. The van der Waals surface area contributed by atoms with Crippen molar-refractivity contribution in [2.75, 3.05) is 7.11 Å². The Kier molecular flexibility index (Phi) is 6.08. The van der Waals surface area contributed by atoms with E-state index < -0.39 is 0 Å². The Morgan fingerprint density at radius 2 is 2.22 bits per heavy atom. The third-order valence-electron chi connectivity index (χ3n) is 3.55. The van der Waals surface area contributed by atoms with E-state index in [1.54, 1.807) is 7.11 Å². The van der Waals surface area contributed by atoms with Gasteiger partial charge in [0.25, 0.3) is 0 Å². The van der Waals surface area contributed by atoms with Gasteiger partial charge in [-0.1, -0.05) is 40.5 Å². The van der Waals surface area contributed by atoms with Crippen LogP contribution in [0, 0.1) is 0 Å². The molecule has 5 heteroatoms. The molecule has 1 aromatic carbocycles. The van der Waals surface area contributed by atoms with Crippen LogP contribution >= 0.6 is 27.5 Å². The third-order valence-corrected chi connectivity index (χ3v) is 4.39. The topological polar surface area (TPSA) is 47.3 Å². The lowest BCUT2D eigenvalue weighted by Gasteiger charge is -2.35. The quantitative estimate of drug-likeness (QED) is 0.619. The Hall–Kier alpha value is -0.130. The predicted octanol–water partition coefficient (Wildman–Crippen LogP) is 3.29. The number of rotatable bonds is 6. The molecule has 0 aliphatic heterocycles. The maximum absolute atomic E-state index is 6.23. The average molecular weight is 336 g/mol. The smallest absolute Gasteiger partial charge is 0.0817 e. The van der Waals surface area contributed by atoms with Gasteiger partial charge in [0.05, 0.1) is 11.6 Å². The lowest BCUT2D eigenvalue weighted by Crippen LogP contribution is -2.53. The van der Waals surface area contributed by atoms with Crippen LogP contribution in [0.5, 0.6) is 0 Å². The summed E-state index contributed by atoms with van der Waals surface area (Å²) in [5, 5.41) is 0.735. The first-order valence-corrected chi connectivity index (χ1v) is 7.09. The molecule has 2 unspecified atom stereocenters. The summed E-state index contributed by atoms with van der Waals surface area (Å²) >= 11 is 9.62. The van der Waals surface area contributed by atoms with Gasteiger partial charge in [-0.25, -0.2) is 0 Å². The molecule has 0 bridgehead atoms.